The van der Waals surface area contributed by atoms with Crippen molar-refractivity contribution >= 4 is 46.1 Å². The number of fused-ring (bicyclic) bond motifs is 4. The van der Waals surface area contributed by atoms with Crippen LogP contribution in [-0.2, 0) is 53.1 Å². The number of amides is 2. The Bertz CT molecular complexity index is 2900. The van der Waals surface area contributed by atoms with E-state index in [0.29, 0.717) is 35.5 Å². The number of hydrogen-bond donors (Lipinski definition) is 3. The van der Waals surface area contributed by atoms with Gasteiger partial charge in [0, 0.05) is 65.9 Å². The van der Waals surface area contributed by atoms with Crippen LogP contribution in [0.5, 0.6) is 23.0 Å². The van der Waals surface area contributed by atoms with Crippen LogP contribution in [0.4, 0.5) is 25.8 Å². The minimum atomic E-state index is -0.661. The van der Waals surface area contributed by atoms with E-state index in [4.69, 9.17) is 28.4 Å². The lowest BCUT2D eigenvalue weighted by atomic mass is 9.85. The van der Waals surface area contributed by atoms with Crippen LogP contribution in [0.3, 0.4) is 0 Å². The summed E-state index contributed by atoms with van der Waals surface area (Å²) in [6.45, 7) is 17.2. The largest absolute Gasteiger partial charge is 0.454 e. The van der Waals surface area contributed by atoms with Crippen molar-refractivity contribution in [3.8, 4) is 23.0 Å². The summed E-state index contributed by atoms with van der Waals surface area (Å²) in [6, 6.07) is 20.2. The Morgan fingerprint density at radius 2 is 1.27 bits per heavy atom. The molecule has 3 unspecified atom stereocenters. The summed E-state index contributed by atoms with van der Waals surface area (Å²) in [5.74, 6) is 2.09. The van der Waals surface area contributed by atoms with Gasteiger partial charge in [-0.05, 0) is 128 Å². The number of halogens is 2. The average Bonchev–Trinajstić information content (AvgIpc) is 4.12. The van der Waals surface area contributed by atoms with Gasteiger partial charge in [0.2, 0.25) is 25.4 Å². The normalized spacial score (nSPS) is 21.6. The van der Waals surface area contributed by atoms with Crippen LogP contribution in [0.25, 0.3) is 10.9 Å². The molecule has 15 heteroatoms. The molecule has 73 heavy (non-hydrogen) atoms. The lowest BCUT2D eigenvalue weighted by Gasteiger charge is -2.27. The Morgan fingerprint density at radius 3 is 1.78 bits per heavy atom. The third-order valence-electron chi connectivity index (χ3n) is 15.5. The van der Waals surface area contributed by atoms with Gasteiger partial charge in [0.05, 0.1) is 40.9 Å². The highest BCUT2D eigenvalue weighted by Gasteiger charge is 2.53. The molecule has 6 heterocycles. The minimum Gasteiger partial charge on any atom is -0.454 e. The number of aldehydes is 1. The number of anilines is 3. The first kappa shape index (κ1) is 50.3. The summed E-state index contributed by atoms with van der Waals surface area (Å²) in [6.07, 6.45) is 8.94. The maximum atomic E-state index is 15.4. The molecule has 388 valence electrons. The number of carbonyl (C=O) groups is 3. The number of benzene rings is 4. The quantitative estimate of drug-likeness (QED) is 0.122. The summed E-state index contributed by atoms with van der Waals surface area (Å²) in [5, 5.41) is 10.1. The van der Waals surface area contributed by atoms with E-state index in [9.17, 15) is 18.8 Å². The van der Waals surface area contributed by atoms with Gasteiger partial charge in [0.15, 0.2) is 23.0 Å². The second-order valence-corrected chi connectivity index (χ2v) is 22.9. The lowest BCUT2D eigenvalue weighted by molar-refractivity contribution is -0.119. The van der Waals surface area contributed by atoms with Crippen LogP contribution in [-0.4, -0.2) is 68.7 Å². The highest BCUT2D eigenvalue weighted by molar-refractivity contribution is 6.03. The molecule has 2 aliphatic carbocycles. The van der Waals surface area contributed by atoms with E-state index in [-0.39, 0.29) is 59.6 Å². The van der Waals surface area contributed by atoms with Crippen molar-refractivity contribution in [3.05, 3.63) is 101 Å². The predicted octanol–water partition coefficient (Wildman–Crippen LogP) is 11.1. The van der Waals surface area contributed by atoms with Crippen molar-refractivity contribution in [2.75, 3.05) is 56.0 Å². The van der Waals surface area contributed by atoms with Crippen molar-refractivity contribution in [1.82, 2.24) is 4.57 Å². The van der Waals surface area contributed by atoms with Crippen LogP contribution >= 0.6 is 0 Å². The first-order valence-electron chi connectivity index (χ1n) is 25.9. The molecule has 2 saturated heterocycles. The van der Waals surface area contributed by atoms with E-state index >= 15 is 4.39 Å². The molecular weight excluding hydrogens is 935 g/mol. The Morgan fingerprint density at radius 1 is 0.712 bits per heavy atom. The van der Waals surface area contributed by atoms with Gasteiger partial charge in [0.25, 0.3) is 0 Å². The van der Waals surface area contributed by atoms with Crippen LogP contribution in [0.15, 0.2) is 66.7 Å². The molecule has 0 bridgehead atoms. The van der Waals surface area contributed by atoms with E-state index in [2.05, 4.69) is 68.1 Å². The second-order valence-electron chi connectivity index (χ2n) is 22.9. The first-order chi connectivity index (χ1) is 34.9. The smallest absolute Gasteiger partial charge is 0.235 e. The van der Waals surface area contributed by atoms with Gasteiger partial charge in [-0.2, -0.15) is 0 Å². The molecule has 0 radical (unpaired) electrons. The lowest BCUT2D eigenvalue weighted by Crippen LogP contribution is -2.31. The zero-order valence-electron chi connectivity index (χ0n) is 42.9. The number of carbonyl (C=O) groups excluding carboxylic acids is 3. The number of nitrogens with one attached hydrogen (secondary N) is 3. The Balaban J connectivity index is 0.000000148. The number of hydrogen-bond acceptors (Lipinski definition) is 10. The van der Waals surface area contributed by atoms with Crippen LogP contribution in [0.1, 0.15) is 115 Å². The van der Waals surface area contributed by atoms with Gasteiger partial charge in [-0.3, -0.25) is 9.59 Å². The van der Waals surface area contributed by atoms with Crippen molar-refractivity contribution in [1.29, 1.82) is 0 Å². The Labute approximate surface area is 425 Å². The van der Waals surface area contributed by atoms with E-state index < -0.39 is 22.5 Å². The summed E-state index contributed by atoms with van der Waals surface area (Å²) in [7, 11) is 0. The number of ether oxygens (including phenoxy) is 6. The summed E-state index contributed by atoms with van der Waals surface area (Å²) in [4.78, 5) is 36.6. The molecule has 5 aliphatic heterocycles. The number of rotatable bonds is 9. The monoisotopic (exact) mass is 1000 g/mol. The maximum absolute atomic E-state index is 15.4. The van der Waals surface area contributed by atoms with Crippen LogP contribution in [0, 0.1) is 28.9 Å². The molecule has 2 saturated carbocycles. The first-order valence-corrected chi connectivity index (χ1v) is 25.9. The van der Waals surface area contributed by atoms with Gasteiger partial charge >= 0.3 is 0 Å². The molecule has 13 nitrogen and oxygen atoms in total. The highest BCUT2D eigenvalue weighted by atomic mass is 19.1. The van der Waals surface area contributed by atoms with Crippen molar-refractivity contribution < 1.29 is 51.6 Å². The van der Waals surface area contributed by atoms with Gasteiger partial charge in [0.1, 0.15) is 17.9 Å². The minimum absolute atomic E-state index is 0.0658. The second kappa shape index (κ2) is 19.9. The van der Waals surface area contributed by atoms with Gasteiger partial charge in [-0.25, -0.2) is 8.78 Å². The SMILES string of the molecule is CC(C)(C)C1Cc2cc(NC(=O)C3(c4ccc5c(c4)OCO5)CC3)c(F)cc2N1.CC(C)(C)c1cc2cc(NC(=O)C3(c4ccc5c(c4)OCO5)CC3)c(F)cc2n1CC1CCCOC1.O=CC1CCCOC1. The molecule has 5 aromatic rings. The average molecular weight is 1000 g/mol. The van der Waals surface area contributed by atoms with E-state index in [0.717, 1.165) is 129 Å². The fourth-order valence-corrected chi connectivity index (χ4v) is 10.7. The highest BCUT2D eigenvalue weighted by Crippen LogP contribution is 2.53. The fraction of sp³-hybridized carbons (Fsp3) is 0.500. The summed E-state index contributed by atoms with van der Waals surface area (Å²) in [5.41, 5.74) is 4.77. The number of aromatic nitrogens is 1. The van der Waals surface area contributed by atoms with Crippen molar-refractivity contribution in [2.45, 2.75) is 128 Å². The molecule has 12 rings (SSSR count). The van der Waals surface area contributed by atoms with Crippen LogP contribution in [0.2, 0.25) is 0 Å². The summed E-state index contributed by atoms with van der Waals surface area (Å²) < 4.78 is 64.9. The topological polar surface area (TPSA) is 148 Å². The third kappa shape index (κ3) is 10.5. The molecule has 0 spiro atoms. The molecule has 3 atom stereocenters. The zero-order chi connectivity index (χ0) is 51.3. The third-order valence-corrected chi connectivity index (χ3v) is 15.5. The molecule has 3 N–H and O–H groups in total. The van der Waals surface area contributed by atoms with Gasteiger partial charge in [-0.15, -0.1) is 0 Å². The molecule has 2 amide bonds. The van der Waals surface area contributed by atoms with Gasteiger partial charge in [-0.1, -0.05) is 53.7 Å². The standard InChI is InChI=1S/C29H33FN2O4.C23H25FN2O3.C6H10O2/c1-28(2,3)26-12-19-11-22(21(30)14-23(19)32(26)15-18-5-4-10-34-16-18)31-27(33)29(8-9-29)20-6-7-24-25(13-20)36-17-35-24;1-22(2,3)20-9-13-8-17(15(24)11-16(13)25-20)26-21(27)23(6-7-23)14-4-5-18-19(10-14)29-12-28-18;7-4-6-2-1-3-8-5-6/h6-7,11-14,18H,4-5,8-10,15-17H2,1-3H3,(H,31,33);4-5,8,10-11,20,25H,6-7,9,12H2,1-3H3,(H,26,27);4,6H,1-3,5H2. The Kier molecular flexibility index (Phi) is 13.7. The maximum Gasteiger partial charge on any atom is 0.235 e. The fourth-order valence-electron chi connectivity index (χ4n) is 10.7. The van der Waals surface area contributed by atoms with Crippen molar-refractivity contribution in [3.63, 3.8) is 0 Å². The van der Waals surface area contributed by atoms with E-state index in [1.807, 2.05) is 36.4 Å². The molecule has 4 fully saturated rings. The molecule has 4 aromatic carbocycles. The molecule has 1 aromatic heterocycles. The molecular formula is C58H68F2N4O9. The van der Waals surface area contributed by atoms with Crippen molar-refractivity contribution in [2.24, 2.45) is 17.3 Å². The number of nitrogens with zero attached hydrogens (tertiary/aromatic N) is 1. The zero-order valence-corrected chi connectivity index (χ0v) is 42.9. The summed E-state index contributed by atoms with van der Waals surface area (Å²) >= 11 is 0. The predicted molar refractivity (Wildman–Crippen MR) is 275 cm³/mol. The van der Waals surface area contributed by atoms with Gasteiger partial charge < -0.3 is 53.7 Å². The van der Waals surface area contributed by atoms with Crippen LogP contribution < -0.4 is 34.9 Å². The molecule has 7 aliphatic rings. The van der Waals surface area contributed by atoms with E-state index in [1.54, 1.807) is 18.2 Å². The van der Waals surface area contributed by atoms with E-state index in [1.165, 1.54) is 6.07 Å². The Hall–Kier alpha value is -6.19.